The highest BCUT2D eigenvalue weighted by atomic mass is 35.5. The lowest BCUT2D eigenvalue weighted by atomic mass is 9.79. The molecule has 0 spiro atoms. The molecule has 1 amide bonds. The van der Waals surface area contributed by atoms with Crippen LogP contribution in [-0.2, 0) is 15.9 Å². The van der Waals surface area contributed by atoms with Crippen LogP contribution in [0.25, 0.3) is 0 Å². The van der Waals surface area contributed by atoms with E-state index < -0.39 is 18.3 Å². The number of aromatic nitrogens is 2. The Bertz CT molecular complexity index is 994. The lowest BCUT2D eigenvalue weighted by molar-refractivity contribution is 0.00578. The number of benzene rings is 1. The minimum absolute atomic E-state index is 0.0651. The molecule has 2 aliphatic heterocycles. The van der Waals surface area contributed by atoms with Crippen molar-refractivity contribution in [1.82, 2.24) is 15.1 Å². The number of aryl methyl sites for hydroxylation is 1. The highest BCUT2D eigenvalue weighted by Gasteiger charge is 2.52. The van der Waals surface area contributed by atoms with Gasteiger partial charge in [0.2, 0.25) is 0 Å². The zero-order valence-corrected chi connectivity index (χ0v) is 19.7. The number of anilines is 1. The van der Waals surface area contributed by atoms with Crippen LogP contribution in [0.3, 0.4) is 0 Å². The summed E-state index contributed by atoms with van der Waals surface area (Å²) in [7, 11) is -0.623. The van der Waals surface area contributed by atoms with Crippen LogP contribution in [0.1, 0.15) is 62.8 Å². The topological polar surface area (TPSA) is 97.6 Å². The van der Waals surface area contributed by atoms with Crippen LogP contribution in [0.15, 0.2) is 24.3 Å². The highest BCUT2D eigenvalue weighted by Crippen LogP contribution is 2.37. The van der Waals surface area contributed by atoms with Gasteiger partial charge in [0, 0.05) is 24.6 Å². The third-order valence-corrected chi connectivity index (χ3v) is 6.97. The third-order valence-electron chi connectivity index (χ3n) is 6.55. The maximum Gasteiger partial charge on any atom is 0.496 e. The fourth-order valence-electron chi connectivity index (χ4n) is 4.03. The van der Waals surface area contributed by atoms with Gasteiger partial charge in [-0.2, -0.15) is 5.10 Å². The summed E-state index contributed by atoms with van der Waals surface area (Å²) in [6.07, 6.45) is 1.90. The van der Waals surface area contributed by atoms with Gasteiger partial charge < -0.3 is 25.0 Å². The van der Waals surface area contributed by atoms with Crippen LogP contribution in [0.4, 0.5) is 5.69 Å². The lowest BCUT2D eigenvalue weighted by Crippen LogP contribution is -2.41. The van der Waals surface area contributed by atoms with E-state index in [2.05, 4.69) is 15.7 Å². The van der Waals surface area contributed by atoms with Crippen LogP contribution in [0.2, 0.25) is 5.02 Å². The van der Waals surface area contributed by atoms with Crippen LogP contribution in [0.5, 0.6) is 0 Å². The van der Waals surface area contributed by atoms with Gasteiger partial charge in [-0.3, -0.25) is 9.48 Å². The molecule has 1 aromatic heterocycles. The summed E-state index contributed by atoms with van der Waals surface area (Å²) in [5.41, 5.74) is 1.44. The smallest absolute Gasteiger partial charge is 0.399 e. The summed E-state index contributed by atoms with van der Waals surface area (Å²) in [6, 6.07) is 7.27. The summed E-state index contributed by atoms with van der Waals surface area (Å²) in [6.45, 7) is 9.25. The monoisotopic (exact) mass is 460 g/mol. The maximum atomic E-state index is 13.0. The first kappa shape index (κ1) is 23.3. The van der Waals surface area contributed by atoms with E-state index in [1.54, 1.807) is 12.1 Å². The van der Waals surface area contributed by atoms with Crippen LogP contribution < -0.4 is 16.1 Å². The Labute approximate surface area is 193 Å². The number of nitrogens with zero attached hydrogens (tertiary/aromatic N) is 2. The van der Waals surface area contributed by atoms with Gasteiger partial charge in [-0.15, -0.1) is 0 Å². The largest absolute Gasteiger partial charge is 0.496 e. The number of carbonyl (C=O) groups is 1. The Kier molecular flexibility index (Phi) is 6.39. The number of hydrogen-bond donors (Lipinski definition) is 3. The molecule has 32 heavy (non-hydrogen) atoms. The Morgan fingerprint density at radius 1 is 1.31 bits per heavy atom. The van der Waals surface area contributed by atoms with Crippen molar-refractivity contribution in [2.24, 2.45) is 0 Å². The summed E-state index contributed by atoms with van der Waals surface area (Å²) in [4.78, 5) is 13.0. The number of nitrogens with one attached hydrogen (secondary N) is 2. The summed E-state index contributed by atoms with van der Waals surface area (Å²) >= 11 is 6.65. The Balaban J connectivity index is 1.53. The number of halogens is 1. The zero-order valence-electron chi connectivity index (χ0n) is 18.9. The first-order valence-electron chi connectivity index (χ1n) is 11.0. The van der Waals surface area contributed by atoms with Gasteiger partial charge in [0.25, 0.3) is 5.91 Å². The average Bonchev–Trinajstić information content (AvgIpc) is 3.26. The van der Waals surface area contributed by atoms with Gasteiger partial charge in [0.1, 0.15) is 0 Å². The molecule has 3 heterocycles. The second-order valence-electron chi connectivity index (χ2n) is 9.30. The first-order chi connectivity index (χ1) is 15.1. The van der Waals surface area contributed by atoms with Gasteiger partial charge in [-0.25, -0.2) is 0 Å². The van der Waals surface area contributed by atoms with Crippen LogP contribution in [-0.4, -0.2) is 52.3 Å². The number of fused-ring (bicyclic) bond motifs is 1. The molecule has 1 aromatic carbocycles. The van der Waals surface area contributed by atoms with E-state index in [0.717, 1.165) is 25.1 Å². The summed E-state index contributed by atoms with van der Waals surface area (Å²) < 4.78 is 14.1. The Morgan fingerprint density at radius 2 is 2.03 bits per heavy atom. The molecular weight excluding hydrogens is 431 g/mol. The molecule has 4 rings (SSSR count). The van der Waals surface area contributed by atoms with Gasteiger partial charge in [-0.1, -0.05) is 23.7 Å². The zero-order chi connectivity index (χ0) is 23.1. The average molecular weight is 461 g/mol. The molecule has 2 aromatic rings. The minimum atomic E-state index is -0.623. The molecule has 172 valence electrons. The van der Waals surface area contributed by atoms with E-state index in [1.165, 1.54) is 0 Å². The molecule has 1 fully saturated rings. The maximum absolute atomic E-state index is 13.0. The molecule has 0 saturated carbocycles. The lowest BCUT2D eigenvalue weighted by Gasteiger charge is -2.32. The van der Waals surface area contributed by atoms with Crippen molar-refractivity contribution in [3.8, 4) is 0 Å². The fourth-order valence-corrected chi connectivity index (χ4v) is 4.29. The van der Waals surface area contributed by atoms with Crippen molar-refractivity contribution >= 4 is 35.8 Å². The second-order valence-corrected chi connectivity index (χ2v) is 9.68. The van der Waals surface area contributed by atoms with Crippen molar-refractivity contribution in [2.45, 2.75) is 64.3 Å². The van der Waals surface area contributed by atoms with E-state index in [0.29, 0.717) is 28.4 Å². The summed E-state index contributed by atoms with van der Waals surface area (Å²) in [5, 5.41) is 20.1. The number of aliphatic hydroxyl groups excluding tert-OH is 1. The molecule has 0 unspecified atom stereocenters. The molecule has 0 aliphatic carbocycles. The molecule has 8 nitrogen and oxygen atoms in total. The van der Waals surface area contributed by atoms with Crippen molar-refractivity contribution in [3.05, 3.63) is 40.7 Å². The standard InChI is InChI=1S/C22H30BClN4O4/c1-21(2)22(3,4)32-23(31-21)14-7-5-8-16(19(14)24)26-20(30)17-13-18-15(25-10-12-29)9-6-11-28(18)27-17/h5,7-8,13,15,25,29H,6,9-12H2,1-4H3,(H,26,30)/t15-/m1/s1. The SMILES string of the molecule is CC1(C)OB(c2cccc(NC(=O)c3cc4n(n3)CCC[C@H]4NCCO)c2Cl)OC1(C)C. The van der Waals surface area contributed by atoms with E-state index in [9.17, 15) is 4.79 Å². The molecule has 2 aliphatic rings. The molecule has 0 radical (unpaired) electrons. The Hall–Kier alpha value is -1.91. The quantitative estimate of drug-likeness (QED) is 0.573. The minimum Gasteiger partial charge on any atom is -0.399 e. The fraction of sp³-hybridized carbons (Fsp3) is 0.545. The van der Waals surface area contributed by atoms with Gasteiger partial charge in [-0.05, 0) is 52.7 Å². The normalized spacial score (nSPS) is 21.4. The van der Waals surface area contributed by atoms with Gasteiger partial charge in [0.05, 0.1) is 34.2 Å². The number of amides is 1. The molecule has 10 heteroatoms. The number of aliphatic hydroxyl groups is 1. The van der Waals surface area contributed by atoms with E-state index in [1.807, 2.05) is 44.5 Å². The molecule has 1 saturated heterocycles. The van der Waals surface area contributed by atoms with Crippen molar-refractivity contribution in [3.63, 3.8) is 0 Å². The van der Waals surface area contributed by atoms with E-state index >= 15 is 0 Å². The van der Waals surface area contributed by atoms with Gasteiger partial charge in [0.15, 0.2) is 5.69 Å². The van der Waals surface area contributed by atoms with Crippen molar-refractivity contribution in [2.75, 3.05) is 18.5 Å². The van der Waals surface area contributed by atoms with E-state index in [4.69, 9.17) is 26.0 Å². The van der Waals surface area contributed by atoms with Gasteiger partial charge >= 0.3 is 7.12 Å². The summed E-state index contributed by atoms with van der Waals surface area (Å²) in [5.74, 6) is -0.333. The predicted octanol–water partition coefficient (Wildman–Crippen LogP) is 2.50. The van der Waals surface area contributed by atoms with Crippen LogP contribution in [0, 0.1) is 0 Å². The second kappa shape index (κ2) is 8.80. The first-order valence-corrected chi connectivity index (χ1v) is 11.4. The third kappa shape index (κ3) is 4.32. The Morgan fingerprint density at radius 3 is 2.72 bits per heavy atom. The van der Waals surface area contributed by atoms with Crippen molar-refractivity contribution < 1.29 is 19.2 Å². The highest BCUT2D eigenvalue weighted by molar-refractivity contribution is 6.66. The van der Waals surface area contributed by atoms with E-state index in [-0.39, 0.29) is 18.6 Å². The number of hydrogen-bond acceptors (Lipinski definition) is 6. The predicted molar refractivity (Wildman–Crippen MR) is 124 cm³/mol. The molecule has 3 N–H and O–H groups in total. The molecule has 0 bridgehead atoms. The van der Waals surface area contributed by atoms with Crippen molar-refractivity contribution in [1.29, 1.82) is 0 Å². The molecular formula is C22H30BClN4O4. The number of rotatable bonds is 6. The van der Waals surface area contributed by atoms with Crippen LogP contribution >= 0.6 is 11.6 Å². The number of carbonyl (C=O) groups excluding carboxylic acids is 1. The molecule has 1 atom stereocenters.